The molecule has 0 amide bonds. The molecule has 0 N–H and O–H groups in total. The van der Waals surface area contributed by atoms with Gasteiger partial charge in [-0.15, -0.1) is 10.2 Å². The fourth-order valence-corrected chi connectivity index (χ4v) is 3.59. The Morgan fingerprint density at radius 1 is 1.11 bits per heavy atom. The third-order valence-corrected chi connectivity index (χ3v) is 4.46. The molecule has 0 radical (unpaired) electrons. The Morgan fingerprint density at radius 2 is 1.89 bits per heavy atom. The molecular formula is C12H14ClN5. The molecule has 18 heavy (non-hydrogen) atoms. The van der Waals surface area contributed by atoms with Crippen LogP contribution >= 0.6 is 11.6 Å². The van der Waals surface area contributed by atoms with Crippen molar-refractivity contribution in [1.29, 1.82) is 0 Å². The summed E-state index contributed by atoms with van der Waals surface area (Å²) in [4.78, 5) is 6.49. The minimum Gasteiger partial charge on any atom is -0.335 e. The summed E-state index contributed by atoms with van der Waals surface area (Å²) in [5.74, 6) is 0.932. The zero-order chi connectivity index (χ0) is 12.1. The van der Waals surface area contributed by atoms with Crippen LogP contribution in [0.1, 0.15) is 32.1 Å². The summed E-state index contributed by atoms with van der Waals surface area (Å²) in [7, 11) is 0. The first-order valence-corrected chi connectivity index (χ1v) is 6.86. The molecule has 2 unspecified atom stereocenters. The van der Waals surface area contributed by atoms with Crippen LogP contribution in [0.5, 0.6) is 0 Å². The Hall–Kier alpha value is -1.36. The lowest BCUT2D eigenvalue weighted by Gasteiger charge is -2.34. The van der Waals surface area contributed by atoms with E-state index in [9.17, 15) is 0 Å². The second-order valence-electron chi connectivity index (χ2n) is 5.13. The van der Waals surface area contributed by atoms with Crippen LogP contribution in [-0.2, 0) is 0 Å². The van der Waals surface area contributed by atoms with Crippen LogP contribution < -0.4 is 4.90 Å². The first-order chi connectivity index (χ1) is 8.84. The van der Waals surface area contributed by atoms with E-state index in [1.54, 1.807) is 6.20 Å². The van der Waals surface area contributed by atoms with Crippen molar-refractivity contribution in [2.24, 2.45) is 0 Å². The van der Waals surface area contributed by atoms with Crippen molar-refractivity contribution >= 4 is 23.2 Å². The van der Waals surface area contributed by atoms with E-state index in [-0.39, 0.29) is 0 Å². The van der Waals surface area contributed by atoms with E-state index in [1.807, 2.05) is 10.6 Å². The predicted octanol–water partition coefficient (Wildman–Crippen LogP) is 2.30. The average molecular weight is 264 g/mol. The smallest absolute Gasteiger partial charge is 0.232 e. The van der Waals surface area contributed by atoms with E-state index in [0.717, 1.165) is 5.95 Å². The molecule has 2 atom stereocenters. The van der Waals surface area contributed by atoms with E-state index in [2.05, 4.69) is 20.1 Å². The van der Waals surface area contributed by atoms with Crippen molar-refractivity contribution < 1.29 is 0 Å². The summed E-state index contributed by atoms with van der Waals surface area (Å²) in [6, 6.07) is 1.26. The number of hydrogen-bond donors (Lipinski definition) is 0. The molecule has 2 aromatic rings. The van der Waals surface area contributed by atoms with Crippen molar-refractivity contribution in [2.45, 2.75) is 44.2 Å². The highest BCUT2D eigenvalue weighted by Crippen LogP contribution is 2.38. The maximum Gasteiger partial charge on any atom is 0.232 e. The quantitative estimate of drug-likeness (QED) is 0.792. The van der Waals surface area contributed by atoms with Crippen LogP contribution in [0.2, 0.25) is 5.15 Å². The first-order valence-electron chi connectivity index (χ1n) is 6.48. The Labute approximate surface area is 110 Å². The molecule has 0 aliphatic carbocycles. The van der Waals surface area contributed by atoms with Gasteiger partial charge in [-0.25, -0.2) is 4.98 Å². The SMILES string of the molecule is Clc1nccn2c(N3C4CCCC3CC4)nnc12. The third-order valence-electron chi connectivity index (χ3n) is 4.19. The van der Waals surface area contributed by atoms with Crippen LogP contribution in [0.4, 0.5) is 5.95 Å². The fourth-order valence-electron chi connectivity index (χ4n) is 3.40. The van der Waals surface area contributed by atoms with Gasteiger partial charge in [0.1, 0.15) is 0 Å². The van der Waals surface area contributed by atoms with E-state index in [0.29, 0.717) is 22.9 Å². The van der Waals surface area contributed by atoms with Crippen LogP contribution in [0, 0.1) is 0 Å². The molecule has 2 saturated heterocycles. The van der Waals surface area contributed by atoms with Crippen molar-refractivity contribution in [2.75, 3.05) is 4.90 Å². The Morgan fingerprint density at radius 3 is 2.67 bits per heavy atom. The van der Waals surface area contributed by atoms with Crippen LogP contribution in [0.15, 0.2) is 12.4 Å². The van der Waals surface area contributed by atoms with Gasteiger partial charge in [-0.1, -0.05) is 11.6 Å². The Balaban J connectivity index is 1.85. The highest BCUT2D eigenvalue weighted by atomic mass is 35.5. The highest BCUT2D eigenvalue weighted by Gasteiger charge is 2.38. The lowest BCUT2D eigenvalue weighted by Crippen LogP contribution is -2.40. The largest absolute Gasteiger partial charge is 0.335 e. The van der Waals surface area contributed by atoms with E-state index < -0.39 is 0 Å². The second-order valence-corrected chi connectivity index (χ2v) is 5.49. The van der Waals surface area contributed by atoms with Crippen molar-refractivity contribution in [3.63, 3.8) is 0 Å². The summed E-state index contributed by atoms with van der Waals surface area (Å²) >= 11 is 6.04. The molecule has 2 fully saturated rings. The van der Waals surface area contributed by atoms with Gasteiger partial charge in [0.25, 0.3) is 0 Å². The maximum absolute atomic E-state index is 6.04. The van der Waals surface area contributed by atoms with Gasteiger partial charge in [0.2, 0.25) is 5.95 Å². The van der Waals surface area contributed by atoms with Crippen molar-refractivity contribution in [1.82, 2.24) is 19.6 Å². The summed E-state index contributed by atoms with van der Waals surface area (Å²) in [6.07, 6.45) is 10.0. The molecule has 2 aromatic heterocycles. The Bertz CT molecular complexity index is 579. The van der Waals surface area contributed by atoms with Gasteiger partial charge < -0.3 is 4.90 Å². The number of nitrogens with zero attached hydrogens (tertiary/aromatic N) is 5. The van der Waals surface area contributed by atoms with Crippen molar-refractivity contribution in [3.8, 4) is 0 Å². The van der Waals surface area contributed by atoms with Crippen LogP contribution in [0.3, 0.4) is 0 Å². The first kappa shape index (κ1) is 10.6. The average Bonchev–Trinajstić information content (AvgIpc) is 2.89. The van der Waals surface area contributed by atoms with Crippen LogP contribution in [-0.4, -0.2) is 31.7 Å². The minimum atomic E-state index is 0.417. The molecule has 4 heterocycles. The maximum atomic E-state index is 6.04. The molecule has 2 aliphatic heterocycles. The molecule has 5 nitrogen and oxygen atoms in total. The van der Waals surface area contributed by atoms with Crippen LogP contribution in [0.25, 0.3) is 5.65 Å². The van der Waals surface area contributed by atoms with Gasteiger partial charge in [-0.05, 0) is 32.1 Å². The summed E-state index contributed by atoms with van der Waals surface area (Å²) in [5.41, 5.74) is 0.652. The van der Waals surface area contributed by atoms with Gasteiger partial charge in [-0.3, -0.25) is 4.40 Å². The molecule has 0 aromatic carbocycles. The number of anilines is 1. The molecular weight excluding hydrogens is 250 g/mol. The highest BCUT2D eigenvalue weighted by molar-refractivity contribution is 6.32. The normalized spacial score (nSPS) is 27.1. The predicted molar refractivity (Wildman–Crippen MR) is 68.9 cm³/mol. The van der Waals surface area contributed by atoms with Gasteiger partial charge in [0.05, 0.1) is 0 Å². The molecule has 6 heteroatoms. The molecule has 2 aliphatic rings. The standard InChI is InChI=1S/C12H14ClN5/c13-10-11-15-16-12(17(11)7-6-14-10)18-8-2-1-3-9(18)5-4-8/h6-9H,1-5H2. The molecule has 0 saturated carbocycles. The number of rotatable bonds is 1. The molecule has 2 bridgehead atoms. The zero-order valence-corrected chi connectivity index (χ0v) is 10.7. The number of aromatic nitrogens is 4. The van der Waals surface area contributed by atoms with E-state index in [4.69, 9.17) is 11.6 Å². The van der Waals surface area contributed by atoms with E-state index in [1.165, 1.54) is 32.1 Å². The number of hydrogen-bond acceptors (Lipinski definition) is 4. The topological polar surface area (TPSA) is 46.3 Å². The number of fused-ring (bicyclic) bond motifs is 3. The summed E-state index contributed by atoms with van der Waals surface area (Å²) < 4.78 is 1.96. The molecule has 94 valence electrons. The summed E-state index contributed by atoms with van der Waals surface area (Å²) in [5, 5.41) is 8.92. The van der Waals surface area contributed by atoms with Crippen molar-refractivity contribution in [3.05, 3.63) is 17.5 Å². The third kappa shape index (κ3) is 1.37. The zero-order valence-electron chi connectivity index (χ0n) is 9.96. The fraction of sp³-hybridized carbons (Fsp3) is 0.583. The Kier molecular flexibility index (Phi) is 2.24. The number of piperidine rings is 1. The minimum absolute atomic E-state index is 0.417. The van der Waals surface area contributed by atoms with Gasteiger partial charge in [0, 0.05) is 24.5 Å². The molecule has 0 spiro atoms. The van der Waals surface area contributed by atoms with Gasteiger partial charge in [-0.2, -0.15) is 0 Å². The second kappa shape index (κ2) is 3.82. The van der Waals surface area contributed by atoms with Gasteiger partial charge in [0.15, 0.2) is 10.8 Å². The monoisotopic (exact) mass is 263 g/mol. The van der Waals surface area contributed by atoms with E-state index >= 15 is 0 Å². The molecule has 4 rings (SSSR count). The van der Waals surface area contributed by atoms with Gasteiger partial charge >= 0.3 is 0 Å². The summed E-state index contributed by atoms with van der Waals surface area (Å²) in [6.45, 7) is 0. The lowest BCUT2D eigenvalue weighted by atomic mass is 10.0. The number of halogens is 1. The lowest BCUT2D eigenvalue weighted by molar-refractivity contribution is 0.459.